The SMILES string of the molecule is CO[C@H]1C[C@]2(O)CC[C@@H](C)[C@@](O)(O2)C(=O)C(=O)N2CCCC[C@H]2C(O)O[C@H]([C@H](C)C[C@@H]2CC[C@@H](OCCOCc3cn(CCOCCOCCOCCOCCC(=O)NCCCCn4nc(-c5ccc6oc(N)nc6c5)c5c(N)ncnc54)nn3)[C@H](OC)C2)CC(=O)[C@H](C)/C=C(\C)[C@@H](O)[C@@H](OC)C(=O)[C@H](C)C[C@H](C)/C=C/C=C/C=C/1C. The molecule has 1 aromatic carbocycles. The highest BCUT2D eigenvalue weighted by Gasteiger charge is 2.57. The van der Waals surface area contributed by atoms with Gasteiger partial charge in [0.25, 0.3) is 17.7 Å². The number of ether oxygens (including phenoxy) is 11. The number of carbonyl (C=O) groups is 5. The predicted molar refractivity (Wildman–Crippen MR) is 428 cm³/mol. The largest absolute Gasteiger partial charge is 0.424 e. The minimum Gasteiger partial charge on any atom is -0.424 e. The lowest BCUT2D eigenvalue weighted by atomic mass is 9.78. The molecule has 9 N–H and O–H groups in total. The quantitative estimate of drug-likeness (QED) is 0.0123. The fraction of sp³-hybridized carbons (Fsp3) is 0.675. The predicted octanol–water partition coefficient (Wildman–Crippen LogP) is 7.29. The van der Waals surface area contributed by atoms with Gasteiger partial charge in [-0.05, 0) is 132 Å². The third-order valence-electron chi connectivity index (χ3n) is 22.5. The number of nitrogens with one attached hydrogen (secondary N) is 1. The number of methoxy groups -OCH3 is 3. The van der Waals surface area contributed by atoms with Crippen LogP contribution >= 0.6 is 0 Å². The zero-order chi connectivity index (χ0) is 83.5. The highest BCUT2D eigenvalue weighted by Crippen LogP contribution is 2.43. The first kappa shape index (κ1) is 92.2. The van der Waals surface area contributed by atoms with Crippen molar-refractivity contribution in [2.75, 3.05) is 112 Å². The molecule has 4 aromatic heterocycles. The molecule has 4 aliphatic rings. The van der Waals surface area contributed by atoms with E-state index in [-0.39, 0.29) is 112 Å². The average Bonchev–Trinajstić information content (AvgIpc) is 1.52. The van der Waals surface area contributed by atoms with E-state index in [4.69, 9.17) is 73.1 Å². The Bertz CT molecular complexity index is 4090. The van der Waals surface area contributed by atoms with Crippen molar-refractivity contribution in [2.24, 2.45) is 35.5 Å². The van der Waals surface area contributed by atoms with Crippen molar-refractivity contribution in [3.8, 4) is 11.3 Å². The van der Waals surface area contributed by atoms with Crippen LogP contribution in [-0.2, 0) is 95.8 Å². The van der Waals surface area contributed by atoms with E-state index in [2.05, 4.69) is 30.6 Å². The van der Waals surface area contributed by atoms with Crippen molar-refractivity contribution >= 4 is 63.1 Å². The first-order valence-corrected chi connectivity index (χ1v) is 40.9. The van der Waals surface area contributed by atoms with Crippen molar-refractivity contribution in [2.45, 2.75) is 225 Å². The molecule has 16 atom stereocenters. The van der Waals surface area contributed by atoms with Gasteiger partial charge in [0.1, 0.15) is 47.0 Å². The molecule has 2 saturated heterocycles. The van der Waals surface area contributed by atoms with E-state index in [0.717, 1.165) is 24.8 Å². The van der Waals surface area contributed by atoms with E-state index < -0.39 is 77.8 Å². The first-order chi connectivity index (χ1) is 55.7. The summed E-state index contributed by atoms with van der Waals surface area (Å²) in [4.78, 5) is 84.2. The molecule has 0 spiro atoms. The number of nitrogens with zero attached hydrogens (tertiary/aromatic N) is 9. The molecule has 0 radical (unpaired) electrons. The van der Waals surface area contributed by atoms with Crippen LogP contribution in [0.5, 0.6) is 0 Å². The van der Waals surface area contributed by atoms with Gasteiger partial charge in [-0.3, -0.25) is 24.0 Å². The molecule has 642 valence electrons. The number of aromatic nitrogens is 8. The molecule has 33 heteroatoms. The summed E-state index contributed by atoms with van der Waals surface area (Å²) in [5, 5.41) is 64.9. The van der Waals surface area contributed by atoms with E-state index in [0.29, 0.717) is 168 Å². The molecule has 2 bridgehead atoms. The summed E-state index contributed by atoms with van der Waals surface area (Å²) < 4.78 is 73.9. The average molecular weight is 1630 g/mol. The van der Waals surface area contributed by atoms with E-state index in [1.165, 1.54) is 25.4 Å². The number of oxazole rings is 1. The lowest BCUT2D eigenvalue weighted by Crippen LogP contribution is -2.63. The molecular formula is C83H124N12O21. The summed E-state index contributed by atoms with van der Waals surface area (Å²) in [5.74, 6) is -10.0. The number of benzene rings is 1. The van der Waals surface area contributed by atoms with Crippen LogP contribution in [0.4, 0.5) is 11.8 Å². The van der Waals surface area contributed by atoms with Crippen LogP contribution in [-0.4, -0.2) is 255 Å². The Kier molecular flexibility index (Phi) is 36.1. The molecule has 5 aromatic rings. The van der Waals surface area contributed by atoms with Gasteiger partial charge in [0.2, 0.25) is 11.7 Å². The Balaban J connectivity index is 0.665. The van der Waals surface area contributed by atoms with Gasteiger partial charge in [-0.15, -0.1) is 5.10 Å². The number of anilines is 2. The zero-order valence-electron chi connectivity index (χ0n) is 69.1. The Hall–Kier alpha value is -7.71. The lowest BCUT2D eigenvalue weighted by Gasteiger charge is -2.47. The number of carbonyl (C=O) groups excluding carboxylic acids is 5. The summed E-state index contributed by atoms with van der Waals surface area (Å²) in [6.07, 6.45) is 13.6. The normalized spacial score (nSPS) is 29.3. The second-order valence-corrected chi connectivity index (χ2v) is 31.4. The second-order valence-electron chi connectivity index (χ2n) is 31.4. The number of rotatable bonds is 33. The lowest BCUT2D eigenvalue weighted by molar-refractivity contribution is -0.360. The molecule has 1 aliphatic carbocycles. The number of nitrogen functional groups attached to an aromatic ring is 2. The third-order valence-corrected chi connectivity index (χ3v) is 22.5. The molecule has 1 saturated carbocycles. The number of amides is 2. The first-order valence-electron chi connectivity index (χ1n) is 40.9. The highest BCUT2D eigenvalue weighted by atomic mass is 16.7. The number of aliphatic hydroxyl groups excluding tert-OH is 2. The maximum absolute atomic E-state index is 14.6. The Morgan fingerprint density at radius 1 is 0.802 bits per heavy atom. The molecule has 33 nitrogen and oxygen atoms in total. The Labute approximate surface area is 678 Å². The fourth-order valence-corrected chi connectivity index (χ4v) is 15.7. The van der Waals surface area contributed by atoms with Crippen LogP contribution in [0.25, 0.3) is 33.4 Å². The summed E-state index contributed by atoms with van der Waals surface area (Å²) in [6, 6.07) is 4.50. The topological polar surface area (TPSA) is 435 Å². The minimum atomic E-state index is -2.73. The van der Waals surface area contributed by atoms with Crippen molar-refractivity contribution in [1.29, 1.82) is 0 Å². The van der Waals surface area contributed by atoms with Gasteiger partial charge in [0, 0.05) is 90.0 Å². The van der Waals surface area contributed by atoms with Gasteiger partial charge in [-0.1, -0.05) is 76.3 Å². The van der Waals surface area contributed by atoms with Crippen LogP contribution in [0.2, 0.25) is 0 Å². The Morgan fingerprint density at radius 3 is 2.28 bits per heavy atom. The summed E-state index contributed by atoms with van der Waals surface area (Å²) in [6.45, 7) is 17.8. The van der Waals surface area contributed by atoms with Crippen LogP contribution in [0.1, 0.15) is 150 Å². The van der Waals surface area contributed by atoms with E-state index >= 15 is 0 Å². The monoisotopic (exact) mass is 1620 g/mol. The van der Waals surface area contributed by atoms with Gasteiger partial charge >= 0.3 is 0 Å². The van der Waals surface area contributed by atoms with Crippen LogP contribution in [0.15, 0.2) is 82.7 Å². The number of ketones is 3. The standard InChI is InChI=1S/C83H124N12O21/c1-52-18-12-11-13-19-53(2)69(106-9)48-82(103)27-25-58(7)83(104,116-82)76(100)79(101)94-29-16-14-20-63(94)80(102)114-67(47-64(96)54(3)43-57(6)74(99)75(107-10)73(98)56(5)42-52)55(4)44-59-21-23-66(68(45-59)105-8)113-41-40-112-50-61-49-93(92-90-61)31-33-109-35-37-111-39-38-110-36-34-108-32-26-70(97)86-28-15-17-30-95-78-71(77(84)87-51-88-78)72(91-95)60-22-24-65-62(46-60)89-81(85)115-65/h11-13,18-19,22,24,43,46,49,51-52,54-56,58-59,63,66-69,74-75,80,99,102-104H,14-17,20-21,23,25-42,44-45,47-48,50H2,1-10H3,(H2,85,89)(H,86,97)(H2,84,87,88)/b13-11+,18-12+,53-19+,57-43+/t52-,54-,55-,56-,58-,59+,63+,66-,67+,68-,69+,74-,75+,80?,82+,83-/m1/s1. The van der Waals surface area contributed by atoms with Gasteiger partial charge in [-0.2, -0.15) is 10.1 Å². The number of unbranched alkanes of at least 4 members (excludes halogenated alkanes) is 1. The summed E-state index contributed by atoms with van der Waals surface area (Å²) in [7, 11) is 4.50. The number of aryl methyl sites for hydroxylation is 1. The number of hydrogen-bond acceptors (Lipinski definition) is 29. The number of fused-ring (bicyclic) bond motifs is 5. The van der Waals surface area contributed by atoms with E-state index in [1.54, 1.807) is 68.6 Å². The summed E-state index contributed by atoms with van der Waals surface area (Å²) >= 11 is 0. The van der Waals surface area contributed by atoms with Gasteiger partial charge in [0.15, 0.2) is 29.1 Å². The van der Waals surface area contributed by atoms with Gasteiger partial charge < -0.3 is 98.6 Å². The number of nitrogens with two attached hydrogens (primary N) is 2. The van der Waals surface area contributed by atoms with Crippen molar-refractivity contribution in [1.82, 2.24) is 49.9 Å². The van der Waals surface area contributed by atoms with Crippen LogP contribution < -0.4 is 16.8 Å². The Morgan fingerprint density at radius 2 is 1.54 bits per heavy atom. The maximum atomic E-state index is 14.6. The zero-order valence-corrected chi connectivity index (χ0v) is 69.1. The number of allylic oxidation sites excluding steroid dienone is 6. The molecule has 3 fully saturated rings. The van der Waals surface area contributed by atoms with Gasteiger partial charge in [-0.25, -0.2) is 19.3 Å². The molecule has 9 rings (SSSR count). The molecule has 2 amide bonds. The summed E-state index contributed by atoms with van der Waals surface area (Å²) in [5.41, 5.74) is 16.9. The third kappa shape index (κ3) is 26.1. The van der Waals surface area contributed by atoms with Crippen LogP contribution in [0, 0.1) is 35.5 Å². The molecule has 116 heavy (non-hydrogen) atoms. The molecule has 7 heterocycles. The van der Waals surface area contributed by atoms with E-state index in [1.807, 2.05) is 57.2 Å². The molecule has 3 aliphatic heterocycles. The van der Waals surface area contributed by atoms with Gasteiger partial charge in [0.05, 0.1) is 121 Å². The number of hydrogen-bond donors (Lipinski definition) is 7. The smallest absolute Gasteiger partial charge is 0.296 e. The minimum absolute atomic E-state index is 0.0386. The molecule has 1 unspecified atom stereocenters. The molecular weight excluding hydrogens is 1500 g/mol. The number of Topliss-reactive ketones (excluding diaryl/α,β-unsaturated/α-hetero) is 3. The van der Waals surface area contributed by atoms with E-state index in [9.17, 15) is 44.4 Å². The highest BCUT2D eigenvalue weighted by molar-refractivity contribution is 6.39. The van der Waals surface area contributed by atoms with Crippen molar-refractivity contribution in [3.05, 3.63) is 84.0 Å². The number of aliphatic hydroxyl groups is 4. The van der Waals surface area contributed by atoms with Crippen molar-refractivity contribution in [3.63, 3.8) is 0 Å². The van der Waals surface area contributed by atoms with Crippen molar-refractivity contribution < 1.29 is 101 Å². The number of piperidine rings is 1. The maximum Gasteiger partial charge on any atom is 0.296 e. The van der Waals surface area contributed by atoms with Crippen LogP contribution in [0.3, 0.4) is 0 Å². The second kappa shape index (κ2) is 45.5. The fourth-order valence-electron chi connectivity index (χ4n) is 15.7.